The Morgan fingerprint density at radius 2 is 1.89 bits per heavy atom. The molecule has 0 aliphatic carbocycles. The van der Waals surface area contributed by atoms with Gasteiger partial charge in [-0.15, -0.1) is 0 Å². The minimum atomic E-state index is -1.04. The number of carbonyl (C=O) groups is 2. The van der Waals surface area contributed by atoms with Crippen LogP contribution in [0.15, 0.2) is 0 Å². The molecule has 2 amide bonds. The van der Waals surface area contributed by atoms with Gasteiger partial charge >= 0.3 is 0 Å². The highest BCUT2D eigenvalue weighted by Gasteiger charge is 2.31. The fourth-order valence-corrected chi connectivity index (χ4v) is 1.63. The fourth-order valence-electron chi connectivity index (χ4n) is 1.33. The van der Waals surface area contributed by atoms with Crippen molar-refractivity contribution in [1.29, 1.82) is 0 Å². The van der Waals surface area contributed by atoms with E-state index in [0.717, 1.165) is 5.75 Å². The molecular formula is C13H26N2O3S. The lowest BCUT2D eigenvalue weighted by molar-refractivity contribution is -0.135. The number of nitrogens with one attached hydrogen (secondary N) is 2. The Balaban J connectivity index is 3.88. The molecule has 0 radical (unpaired) electrons. The summed E-state index contributed by atoms with van der Waals surface area (Å²) in [5.41, 5.74) is -0.454. The molecule has 0 aliphatic heterocycles. The van der Waals surface area contributed by atoms with Gasteiger partial charge in [0.2, 0.25) is 11.8 Å². The maximum Gasteiger partial charge on any atom is 0.249 e. The highest BCUT2D eigenvalue weighted by atomic mass is 32.2. The van der Waals surface area contributed by atoms with Crippen LogP contribution >= 0.6 is 11.8 Å². The third kappa shape index (κ3) is 7.42. The predicted octanol–water partition coefficient (Wildman–Crippen LogP) is 0.769. The van der Waals surface area contributed by atoms with Gasteiger partial charge in [-0.25, -0.2) is 0 Å². The normalized spacial score (nSPS) is 12.9. The molecule has 19 heavy (non-hydrogen) atoms. The second-order valence-electron chi connectivity index (χ2n) is 5.13. The van der Waals surface area contributed by atoms with Crippen molar-refractivity contribution in [1.82, 2.24) is 10.6 Å². The SMILES string of the molecule is CCC(C)(C)[C@@H](O)C(=O)NCCC(=O)NCCSC. The zero-order valence-corrected chi connectivity index (χ0v) is 13.1. The summed E-state index contributed by atoms with van der Waals surface area (Å²) in [5, 5.41) is 15.2. The number of aliphatic hydroxyl groups excluding tert-OH is 1. The molecule has 0 aromatic heterocycles. The van der Waals surface area contributed by atoms with Gasteiger partial charge in [0.15, 0.2) is 0 Å². The minimum Gasteiger partial charge on any atom is -0.383 e. The highest BCUT2D eigenvalue weighted by Crippen LogP contribution is 2.24. The molecular weight excluding hydrogens is 264 g/mol. The Kier molecular flexibility index (Phi) is 8.84. The van der Waals surface area contributed by atoms with Crippen molar-refractivity contribution in [2.75, 3.05) is 25.1 Å². The predicted molar refractivity (Wildman–Crippen MR) is 79.1 cm³/mol. The fraction of sp³-hybridized carbons (Fsp3) is 0.846. The molecule has 0 aromatic rings. The van der Waals surface area contributed by atoms with Gasteiger partial charge in [-0.3, -0.25) is 9.59 Å². The molecule has 0 bridgehead atoms. The molecule has 3 N–H and O–H groups in total. The monoisotopic (exact) mass is 290 g/mol. The molecule has 6 heteroatoms. The topological polar surface area (TPSA) is 78.4 Å². The molecule has 0 fully saturated rings. The van der Waals surface area contributed by atoms with Crippen molar-refractivity contribution in [2.45, 2.75) is 39.7 Å². The molecule has 5 nitrogen and oxygen atoms in total. The van der Waals surface area contributed by atoms with E-state index in [1.807, 2.05) is 27.0 Å². The van der Waals surface area contributed by atoms with E-state index in [-0.39, 0.29) is 18.9 Å². The molecule has 0 saturated carbocycles. The summed E-state index contributed by atoms with van der Waals surface area (Å²) < 4.78 is 0. The van der Waals surface area contributed by atoms with Crippen LogP contribution in [0.3, 0.4) is 0 Å². The third-order valence-electron chi connectivity index (χ3n) is 3.18. The zero-order chi connectivity index (χ0) is 14.9. The minimum absolute atomic E-state index is 0.0846. The largest absolute Gasteiger partial charge is 0.383 e. The van der Waals surface area contributed by atoms with Crippen LogP contribution in [0.4, 0.5) is 0 Å². The molecule has 1 atom stereocenters. The molecule has 0 spiro atoms. The van der Waals surface area contributed by atoms with Crippen molar-refractivity contribution in [3.63, 3.8) is 0 Å². The molecule has 0 saturated heterocycles. The van der Waals surface area contributed by atoms with Gasteiger partial charge in [0.1, 0.15) is 6.10 Å². The average Bonchev–Trinajstić information content (AvgIpc) is 2.38. The maximum atomic E-state index is 11.7. The highest BCUT2D eigenvalue weighted by molar-refractivity contribution is 7.98. The van der Waals surface area contributed by atoms with Crippen LogP contribution in [-0.2, 0) is 9.59 Å². The first kappa shape index (κ1) is 18.2. The number of aliphatic hydroxyl groups is 1. The van der Waals surface area contributed by atoms with Crippen LogP contribution in [0, 0.1) is 5.41 Å². The second kappa shape index (κ2) is 9.20. The van der Waals surface area contributed by atoms with E-state index in [2.05, 4.69) is 10.6 Å². The zero-order valence-electron chi connectivity index (χ0n) is 12.3. The van der Waals surface area contributed by atoms with Crippen molar-refractivity contribution in [3.05, 3.63) is 0 Å². The van der Waals surface area contributed by atoms with Crippen molar-refractivity contribution in [2.24, 2.45) is 5.41 Å². The quantitative estimate of drug-likeness (QED) is 0.548. The number of hydrogen-bond donors (Lipinski definition) is 3. The third-order valence-corrected chi connectivity index (χ3v) is 3.79. The number of hydrogen-bond acceptors (Lipinski definition) is 4. The maximum absolute atomic E-state index is 11.7. The number of thioether (sulfide) groups is 1. The number of carbonyl (C=O) groups excluding carboxylic acids is 2. The lowest BCUT2D eigenvalue weighted by Crippen LogP contribution is -2.44. The molecule has 112 valence electrons. The summed E-state index contributed by atoms with van der Waals surface area (Å²) in [7, 11) is 0. The standard InChI is InChI=1S/C13H26N2O3S/c1-5-13(2,3)11(17)12(18)15-7-6-10(16)14-8-9-19-4/h11,17H,5-9H2,1-4H3,(H,14,16)(H,15,18)/t11-/m0/s1. The lowest BCUT2D eigenvalue weighted by Gasteiger charge is -2.28. The Labute approximate surface area is 119 Å². The first-order chi connectivity index (χ1) is 8.85. The van der Waals surface area contributed by atoms with Gasteiger partial charge in [-0.05, 0) is 18.1 Å². The molecule has 0 rings (SSSR count). The first-order valence-electron chi connectivity index (χ1n) is 6.56. The van der Waals surface area contributed by atoms with Crippen molar-refractivity contribution < 1.29 is 14.7 Å². The summed E-state index contributed by atoms with van der Waals surface area (Å²) >= 11 is 1.66. The van der Waals surface area contributed by atoms with Gasteiger partial charge in [0.05, 0.1) is 0 Å². The Morgan fingerprint density at radius 1 is 1.26 bits per heavy atom. The first-order valence-corrected chi connectivity index (χ1v) is 7.96. The molecule has 0 aromatic carbocycles. The summed E-state index contributed by atoms with van der Waals surface area (Å²) in [4.78, 5) is 23.1. The second-order valence-corrected chi connectivity index (χ2v) is 6.11. The summed E-state index contributed by atoms with van der Waals surface area (Å²) in [6.07, 6.45) is 1.87. The summed E-state index contributed by atoms with van der Waals surface area (Å²) in [6, 6.07) is 0. The molecule has 0 heterocycles. The van der Waals surface area contributed by atoms with Gasteiger partial charge in [0, 0.05) is 25.3 Å². The van der Waals surface area contributed by atoms with Crippen LogP contribution in [0.2, 0.25) is 0 Å². The van der Waals surface area contributed by atoms with Gasteiger partial charge in [0.25, 0.3) is 0 Å². The molecule has 0 unspecified atom stereocenters. The van der Waals surface area contributed by atoms with E-state index in [0.29, 0.717) is 13.0 Å². The number of amides is 2. The van der Waals surface area contributed by atoms with E-state index < -0.39 is 17.4 Å². The van der Waals surface area contributed by atoms with Gasteiger partial charge in [-0.1, -0.05) is 20.8 Å². The average molecular weight is 290 g/mol. The summed E-state index contributed by atoms with van der Waals surface area (Å²) in [5.74, 6) is 0.379. The number of rotatable bonds is 9. The van der Waals surface area contributed by atoms with Crippen LogP contribution < -0.4 is 10.6 Å². The Bertz CT molecular complexity index is 296. The van der Waals surface area contributed by atoms with Crippen LogP contribution in [0.5, 0.6) is 0 Å². The Morgan fingerprint density at radius 3 is 2.42 bits per heavy atom. The summed E-state index contributed by atoms with van der Waals surface area (Å²) in [6.45, 7) is 6.49. The van der Waals surface area contributed by atoms with E-state index >= 15 is 0 Å². The van der Waals surface area contributed by atoms with E-state index in [4.69, 9.17) is 0 Å². The molecule has 0 aliphatic rings. The van der Waals surface area contributed by atoms with Crippen molar-refractivity contribution >= 4 is 23.6 Å². The lowest BCUT2D eigenvalue weighted by atomic mass is 9.83. The Hall–Kier alpha value is -0.750. The van der Waals surface area contributed by atoms with E-state index in [9.17, 15) is 14.7 Å². The smallest absolute Gasteiger partial charge is 0.249 e. The van der Waals surface area contributed by atoms with Gasteiger partial charge in [-0.2, -0.15) is 11.8 Å². The van der Waals surface area contributed by atoms with E-state index in [1.165, 1.54) is 0 Å². The van der Waals surface area contributed by atoms with E-state index in [1.54, 1.807) is 11.8 Å². The van der Waals surface area contributed by atoms with Gasteiger partial charge < -0.3 is 15.7 Å². The van der Waals surface area contributed by atoms with Crippen LogP contribution in [0.25, 0.3) is 0 Å². The van der Waals surface area contributed by atoms with Crippen LogP contribution in [-0.4, -0.2) is 48.1 Å². The van der Waals surface area contributed by atoms with Crippen molar-refractivity contribution in [3.8, 4) is 0 Å². The van der Waals surface area contributed by atoms with Crippen LogP contribution in [0.1, 0.15) is 33.6 Å².